The number of halogens is 1. The van der Waals surface area contributed by atoms with Crippen molar-refractivity contribution in [2.75, 3.05) is 20.3 Å². The Labute approximate surface area is 174 Å². The van der Waals surface area contributed by atoms with E-state index in [1.807, 2.05) is 43.3 Å². The topological polar surface area (TPSA) is 59.0 Å². The number of benzene rings is 2. The van der Waals surface area contributed by atoms with Gasteiger partial charge >= 0.3 is 5.97 Å². The molecule has 2 aromatic carbocycles. The normalized spacial score (nSPS) is 18.5. The lowest BCUT2D eigenvalue weighted by atomic mass is 9.91. The number of hydrogen-bond acceptors (Lipinski definition) is 4. The van der Waals surface area contributed by atoms with Crippen molar-refractivity contribution >= 4 is 21.9 Å². The predicted octanol–water partition coefficient (Wildman–Crippen LogP) is 4.88. The zero-order chi connectivity index (χ0) is 20.1. The van der Waals surface area contributed by atoms with E-state index in [0.29, 0.717) is 24.5 Å². The van der Waals surface area contributed by atoms with Crippen LogP contribution in [0.5, 0.6) is 11.5 Å². The fraction of sp³-hybridized carbons (Fsp3) is 0.409. The summed E-state index contributed by atoms with van der Waals surface area (Å²) in [5.74, 6) is 0.580. The molecular weight excluding hydrogens is 422 g/mol. The lowest BCUT2D eigenvalue weighted by molar-refractivity contribution is -0.145. The Kier molecular flexibility index (Phi) is 6.97. The number of carboxylic acids is 1. The highest BCUT2D eigenvalue weighted by molar-refractivity contribution is 9.10. The van der Waals surface area contributed by atoms with Crippen molar-refractivity contribution in [3.8, 4) is 11.5 Å². The van der Waals surface area contributed by atoms with E-state index in [1.165, 1.54) is 0 Å². The van der Waals surface area contributed by atoms with Crippen molar-refractivity contribution in [2.24, 2.45) is 0 Å². The number of aliphatic carboxylic acids is 1. The largest absolute Gasteiger partial charge is 0.493 e. The maximum absolute atomic E-state index is 12.0. The number of likely N-dealkylation sites (tertiary alicyclic amines) is 1. The van der Waals surface area contributed by atoms with Crippen molar-refractivity contribution in [2.45, 2.75) is 38.3 Å². The third-order valence-electron chi connectivity index (χ3n) is 5.13. The van der Waals surface area contributed by atoms with E-state index in [1.54, 1.807) is 7.11 Å². The van der Waals surface area contributed by atoms with Gasteiger partial charge in [0.1, 0.15) is 6.04 Å². The van der Waals surface area contributed by atoms with Gasteiger partial charge in [0.2, 0.25) is 0 Å². The minimum atomic E-state index is -0.766. The van der Waals surface area contributed by atoms with Crippen molar-refractivity contribution in [1.82, 2.24) is 4.90 Å². The summed E-state index contributed by atoms with van der Waals surface area (Å²) in [5.41, 5.74) is 2.04. The van der Waals surface area contributed by atoms with E-state index in [-0.39, 0.29) is 6.04 Å². The molecule has 0 amide bonds. The van der Waals surface area contributed by atoms with Crippen LogP contribution in [0.1, 0.15) is 43.4 Å². The maximum atomic E-state index is 12.0. The van der Waals surface area contributed by atoms with Crippen LogP contribution in [0.25, 0.3) is 0 Å². The third kappa shape index (κ3) is 4.50. The molecule has 1 saturated heterocycles. The molecular formula is C22H26BrNO4. The number of carboxylic acid groups (broad SMARTS) is 1. The van der Waals surface area contributed by atoms with Gasteiger partial charge < -0.3 is 14.6 Å². The Balaban J connectivity index is 2.10. The summed E-state index contributed by atoms with van der Waals surface area (Å²) in [6.45, 7) is 3.23. The second kappa shape index (κ2) is 9.43. The van der Waals surface area contributed by atoms with Gasteiger partial charge in [-0.1, -0.05) is 40.5 Å². The molecule has 2 unspecified atom stereocenters. The van der Waals surface area contributed by atoms with Crippen molar-refractivity contribution in [1.29, 1.82) is 0 Å². The molecule has 2 atom stereocenters. The van der Waals surface area contributed by atoms with Crippen LogP contribution in [-0.2, 0) is 4.79 Å². The van der Waals surface area contributed by atoms with E-state index in [2.05, 4.69) is 26.9 Å². The van der Waals surface area contributed by atoms with Gasteiger partial charge in [0, 0.05) is 4.47 Å². The molecule has 0 saturated carbocycles. The van der Waals surface area contributed by atoms with Crippen LogP contribution in [0, 0.1) is 0 Å². The molecule has 3 rings (SSSR count). The fourth-order valence-corrected chi connectivity index (χ4v) is 4.33. The molecule has 0 radical (unpaired) electrons. The summed E-state index contributed by atoms with van der Waals surface area (Å²) in [6, 6.07) is 13.3. The molecule has 0 bridgehead atoms. The van der Waals surface area contributed by atoms with Crippen LogP contribution in [-0.4, -0.2) is 42.3 Å². The third-order valence-corrected chi connectivity index (χ3v) is 5.62. The van der Waals surface area contributed by atoms with Gasteiger partial charge in [-0.15, -0.1) is 0 Å². The molecule has 0 aromatic heterocycles. The minimum absolute atomic E-state index is 0.177. The summed E-state index contributed by atoms with van der Waals surface area (Å²) >= 11 is 3.55. The second-order valence-corrected chi connectivity index (χ2v) is 7.80. The van der Waals surface area contributed by atoms with Crippen molar-refractivity contribution < 1.29 is 19.4 Å². The first kappa shape index (κ1) is 20.7. The van der Waals surface area contributed by atoms with Crippen LogP contribution in [0.2, 0.25) is 0 Å². The summed E-state index contributed by atoms with van der Waals surface area (Å²) in [5, 5.41) is 9.83. The van der Waals surface area contributed by atoms with E-state index in [9.17, 15) is 9.90 Å². The van der Waals surface area contributed by atoms with Gasteiger partial charge in [-0.2, -0.15) is 0 Å². The van der Waals surface area contributed by atoms with Gasteiger partial charge in [-0.05, 0) is 61.7 Å². The molecule has 1 N–H and O–H groups in total. The van der Waals surface area contributed by atoms with Gasteiger partial charge in [0.15, 0.2) is 11.5 Å². The first-order valence-corrected chi connectivity index (χ1v) is 10.4. The van der Waals surface area contributed by atoms with E-state index in [0.717, 1.165) is 35.0 Å². The Morgan fingerprint density at radius 2 is 2.00 bits per heavy atom. The van der Waals surface area contributed by atoms with E-state index < -0.39 is 12.0 Å². The monoisotopic (exact) mass is 447 g/mol. The Bertz CT molecular complexity index is 826. The van der Waals surface area contributed by atoms with E-state index in [4.69, 9.17) is 9.47 Å². The number of ether oxygens (including phenoxy) is 2. The lowest BCUT2D eigenvalue weighted by Crippen LogP contribution is -2.46. The van der Waals surface area contributed by atoms with Crippen LogP contribution in [0.15, 0.2) is 46.9 Å². The standard InChI is InChI=1S/C22H26BrNO4/c1-3-28-19-11-10-16(14-20(19)27-2)21(15-7-6-8-17(23)13-15)24-12-5-4-9-18(24)22(25)26/h6-8,10-11,13-14,18,21H,3-5,9,12H2,1-2H3,(H,25,26). The zero-order valence-electron chi connectivity index (χ0n) is 16.2. The molecule has 1 aliphatic rings. The quantitative estimate of drug-likeness (QED) is 0.654. The van der Waals surface area contributed by atoms with Crippen LogP contribution < -0.4 is 9.47 Å². The SMILES string of the molecule is CCOc1ccc(C(c2cccc(Br)c2)N2CCCCC2C(=O)O)cc1OC. The first-order valence-electron chi connectivity index (χ1n) is 9.60. The Morgan fingerprint density at radius 3 is 2.68 bits per heavy atom. The molecule has 6 heteroatoms. The molecule has 1 heterocycles. The van der Waals surface area contributed by atoms with Gasteiger partial charge in [-0.3, -0.25) is 9.69 Å². The summed E-state index contributed by atoms with van der Waals surface area (Å²) in [7, 11) is 1.62. The van der Waals surface area contributed by atoms with Crippen molar-refractivity contribution in [3.05, 3.63) is 58.1 Å². The molecule has 0 spiro atoms. The average Bonchev–Trinajstić information content (AvgIpc) is 2.69. The molecule has 5 nitrogen and oxygen atoms in total. The first-order chi connectivity index (χ1) is 13.5. The van der Waals surface area contributed by atoms with Crippen molar-refractivity contribution in [3.63, 3.8) is 0 Å². The predicted molar refractivity (Wildman–Crippen MR) is 112 cm³/mol. The molecule has 28 heavy (non-hydrogen) atoms. The molecule has 0 aliphatic carbocycles. The highest BCUT2D eigenvalue weighted by Gasteiger charge is 2.35. The van der Waals surface area contributed by atoms with Crippen LogP contribution >= 0.6 is 15.9 Å². The smallest absolute Gasteiger partial charge is 0.320 e. The minimum Gasteiger partial charge on any atom is -0.493 e. The maximum Gasteiger partial charge on any atom is 0.320 e. The van der Waals surface area contributed by atoms with E-state index >= 15 is 0 Å². The number of rotatable bonds is 7. The number of nitrogens with zero attached hydrogens (tertiary/aromatic N) is 1. The summed E-state index contributed by atoms with van der Waals surface area (Å²) in [4.78, 5) is 14.1. The van der Waals surface area contributed by atoms with Gasteiger partial charge in [0.25, 0.3) is 0 Å². The molecule has 150 valence electrons. The zero-order valence-corrected chi connectivity index (χ0v) is 17.8. The Hall–Kier alpha value is -2.05. The number of carbonyl (C=O) groups is 1. The molecule has 1 fully saturated rings. The molecule has 2 aromatic rings. The second-order valence-electron chi connectivity index (χ2n) is 6.89. The van der Waals surface area contributed by atoms with Gasteiger partial charge in [-0.25, -0.2) is 0 Å². The number of methoxy groups -OCH3 is 1. The van der Waals surface area contributed by atoms with Crippen LogP contribution in [0.4, 0.5) is 0 Å². The molecule has 1 aliphatic heterocycles. The average molecular weight is 448 g/mol. The lowest BCUT2D eigenvalue weighted by Gasteiger charge is -2.39. The number of hydrogen-bond donors (Lipinski definition) is 1. The summed E-state index contributed by atoms with van der Waals surface area (Å²) < 4.78 is 12.2. The van der Waals surface area contributed by atoms with Gasteiger partial charge in [0.05, 0.1) is 19.8 Å². The highest BCUT2D eigenvalue weighted by atomic mass is 79.9. The fourth-order valence-electron chi connectivity index (χ4n) is 3.91. The number of piperidine rings is 1. The summed E-state index contributed by atoms with van der Waals surface area (Å²) in [6.07, 6.45) is 2.59. The highest BCUT2D eigenvalue weighted by Crippen LogP contribution is 2.38. The van der Waals surface area contributed by atoms with Crippen LogP contribution in [0.3, 0.4) is 0 Å². The Morgan fingerprint density at radius 1 is 1.21 bits per heavy atom.